The van der Waals surface area contributed by atoms with Gasteiger partial charge in [-0.25, -0.2) is 8.78 Å². The maximum Gasteiger partial charge on any atom is 0.257 e. The fourth-order valence-corrected chi connectivity index (χ4v) is 3.37. The molecule has 0 radical (unpaired) electrons. The van der Waals surface area contributed by atoms with Crippen LogP contribution in [0.5, 0.6) is 0 Å². The second-order valence-corrected chi connectivity index (χ2v) is 7.07. The molecule has 2 aromatic carbocycles. The molecule has 1 atom stereocenters. The number of nitrogens with zero attached hydrogens (tertiary/aromatic N) is 2. The Morgan fingerprint density at radius 1 is 0.889 bits per heavy atom. The Labute approximate surface area is 157 Å². The first-order valence-corrected chi connectivity index (χ1v) is 8.90. The van der Waals surface area contributed by atoms with Gasteiger partial charge < -0.3 is 9.80 Å². The maximum atomic E-state index is 14.1. The number of benzene rings is 2. The SMILES string of the molecule is Cc1ccc(F)c(C(=O)N2CCN(C(=O)c3cc(C)ccc3F)[C@@H](C)C2)c1. The van der Waals surface area contributed by atoms with Crippen LogP contribution < -0.4 is 0 Å². The van der Waals surface area contributed by atoms with Gasteiger partial charge in [-0.05, 0) is 45.0 Å². The van der Waals surface area contributed by atoms with E-state index in [1.54, 1.807) is 42.7 Å². The predicted molar refractivity (Wildman–Crippen MR) is 98.7 cm³/mol. The van der Waals surface area contributed by atoms with Gasteiger partial charge in [-0.1, -0.05) is 23.3 Å². The average Bonchev–Trinajstić information content (AvgIpc) is 2.64. The Balaban J connectivity index is 1.75. The van der Waals surface area contributed by atoms with Gasteiger partial charge in [-0.15, -0.1) is 0 Å². The molecule has 6 heteroatoms. The number of hydrogen-bond acceptors (Lipinski definition) is 2. The number of aryl methyl sites for hydroxylation is 2. The molecule has 2 amide bonds. The van der Waals surface area contributed by atoms with Crippen LogP contribution >= 0.6 is 0 Å². The lowest BCUT2D eigenvalue weighted by atomic mass is 10.1. The van der Waals surface area contributed by atoms with Gasteiger partial charge in [0.15, 0.2) is 0 Å². The summed E-state index contributed by atoms with van der Waals surface area (Å²) in [5.41, 5.74) is 1.67. The van der Waals surface area contributed by atoms with Crippen LogP contribution in [0.1, 0.15) is 38.8 Å². The Bertz CT molecular complexity index is 898. The fourth-order valence-electron chi connectivity index (χ4n) is 3.37. The van der Waals surface area contributed by atoms with Crippen molar-refractivity contribution in [2.75, 3.05) is 19.6 Å². The molecule has 0 aromatic heterocycles. The number of rotatable bonds is 2. The quantitative estimate of drug-likeness (QED) is 0.809. The second-order valence-electron chi connectivity index (χ2n) is 7.07. The molecular weight excluding hydrogens is 350 g/mol. The van der Waals surface area contributed by atoms with E-state index in [0.29, 0.717) is 0 Å². The van der Waals surface area contributed by atoms with Crippen molar-refractivity contribution < 1.29 is 18.4 Å². The summed E-state index contributed by atoms with van der Waals surface area (Å²) in [6.07, 6.45) is 0. The highest BCUT2D eigenvalue weighted by molar-refractivity contribution is 5.96. The first kappa shape index (κ1) is 19.0. The van der Waals surface area contributed by atoms with Gasteiger partial charge >= 0.3 is 0 Å². The van der Waals surface area contributed by atoms with Gasteiger partial charge in [0.1, 0.15) is 11.6 Å². The highest BCUT2D eigenvalue weighted by atomic mass is 19.1. The summed E-state index contributed by atoms with van der Waals surface area (Å²) in [6.45, 7) is 6.21. The van der Waals surface area contributed by atoms with E-state index in [0.717, 1.165) is 11.1 Å². The van der Waals surface area contributed by atoms with Crippen LogP contribution in [-0.2, 0) is 0 Å². The molecule has 0 spiro atoms. The lowest BCUT2D eigenvalue weighted by Gasteiger charge is -2.40. The Morgan fingerprint density at radius 3 is 1.93 bits per heavy atom. The summed E-state index contributed by atoms with van der Waals surface area (Å²) in [5.74, 6) is -1.90. The van der Waals surface area contributed by atoms with E-state index in [1.807, 2.05) is 0 Å². The van der Waals surface area contributed by atoms with Crippen LogP contribution in [0.15, 0.2) is 36.4 Å². The van der Waals surface area contributed by atoms with Crippen molar-refractivity contribution >= 4 is 11.8 Å². The van der Waals surface area contributed by atoms with Crippen LogP contribution in [0.3, 0.4) is 0 Å². The van der Waals surface area contributed by atoms with Crippen LogP contribution in [0.25, 0.3) is 0 Å². The van der Waals surface area contributed by atoms with Crippen LogP contribution in [0, 0.1) is 25.5 Å². The minimum Gasteiger partial charge on any atom is -0.335 e. The zero-order chi connectivity index (χ0) is 19.7. The molecule has 142 valence electrons. The van der Waals surface area contributed by atoms with Gasteiger partial charge in [-0.3, -0.25) is 9.59 Å². The first-order chi connectivity index (χ1) is 12.8. The van der Waals surface area contributed by atoms with E-state index in [2.05, 4.69) is 0 Å². The van der Waals surface area contributed by atoms with E-state index < -0.39 is 23.4 Å². The van der Waals surface area contributed by atoms with Gasteiger partial charge in [0.05, 0.1) is 11.1 Å². The topological polar surface area (TPSA) is 40.6 Å². The van der Waals surface area contributed by atoms with Crippen LogP contribution in [0.2, 0.25) is 0 Å². The summed E-state index contributed by atoms with van der Waals surface area (Å²) < 4.78 is 28.1. The third kappa shape index (κ3) is 3.84. The van der Waals surface area contributed by atoms with Crippen LogP contribution in [-0.4, -0.2) is 47.3 Å². The standard InChI is InChI=1S/C21H22F2N2O2/c1-13-4-6-18(22)16(10-13)20(26)24-8-9-25(15(3)12-24)21(27)17-11-14(2)5-7-19(17)23/h4-7,10-11,15H,8-9,12H2,1-3H3/t15-/m0/s1. The number of hydrogen-bond donors (Lipinski definition) is 0. The fraction of sp³-hybridized carbons (Fsp3) is 0.333. The summed E-state index contributed by atoms with van der Waals surface area (Å²) >= 11 is 0. The summed E-state index contributed by atoms with van der Waals surface area (Å²) in [7, 11) is 0. The molecule has 4 nitrogen and oxygen atoms in total. The number of halogens is 2. The van der Waals surface area contributed by atoms with Gasteiger partial charge in [0.2, 0.25) is 0 Å². The van der Waals surface area contributed by atoms with E-state index in [4.69, 9.17) is 0 Å². The minimum atomic E-state index is -0.557. The predicted octanol–water partition coefficient (Wildman–Crippen LogP) is 3.57. The molecule has 0 unspecified atom stereocenters. The third-order valence-electron chi connectivity index (χ3n) is 4.88. The van der Waals surface area contributed by atoms with E-state index in [-0.39, 0.29) is 36.8 Å². The molecule has 1 heterocycles. The molecule has 0 aliphatic carbocycles. The highest BCUT2D eigenvalue weighted by Crippen LogP contribution is 2.20. The maximum absolute atomic E-state index is 14.1. The monoisotopic (exact) mass is 372 g/mol. The normalized spacial score (nSPS) is 17.1. The molecule has 1 fully saturated rings. The number of carbonyl (C=O) groups excluding carboxylic acids is 2. The molecule has 1 saturated heterocycles. The van der Waals surface area contributed by atoms with E-state index >= 15 is 0 Å². The van der Waals surface area contributed by atoms with Crippen molar-refractivity contribution in [2.24, 2.45) is 0 Å². The van der Waals surface area contributed by atoms with E-state index in [1.165, 1.54) is 24.3 Å². The smallest absolute Gasteiger partial charge is 0.257 e. The zero-order valence-corrected chi connectivity index (χ0v) is 15.6. The third-order valence-corrected chi connectivity index (χ3v) is 4.88. The highest BCUT2D eigenvalue weighted by Gasteiger charge is 2.32. The van der Waals surface area contributed by atoms with Crippen molar-refractivity contribution in [3.63, 3.8) is 0 Å². The largest absolute Gasteiger partial charge is 0.335 e. The molecule has 2 aromatic rings. The molecule has 27 heavy (non-hydrogen) atoms. The second kappa shape index (κ2) is 7.47. The van der Waals surface area contributed by atoms with E-state index in [9.17, 15) is 18.4 Å². The lowest BCUT2D eigenvalue weighted by Crippen LogP contribution is -2.55. The average molecular weight is 372 g/mol. The summed E-state index contributed by atoms with van der Waals surface area (Å²) in [5, 5.41) is 0. The van der Waals surface area contributed by atoms with Gasteiger partial charge in [0.25, 0.3) is 11.8 Å². The van der Waals surface area contributed by atoms with Crippen molar-refractivity contribution in [3.8, 4) is 0 Å². The Kier molecular flexibility index (Phi) is 5.26. The lowest BCUT2D eigenvalue weighted by molar-refractivity contribution is 0.0409. The van der Waals surface area contributed by atoms with Crippen molar-refractivity contribution in [2.45, 2.75) is 26.8 Å². The van der Waals surface area contributed by atoms with Gasteiger partial charge in [0, 0.05) is 25.7 Å². The summed E-state index contributed by atoms with van der Waals surface area (Å²) in [4.78, 5) is 28.5. The zero-order valence-electron chi connectivity index (χ0n) is 15.6. The Hall–Kier alpha value is -2.76. The minimum absolute atomic E-state index is 0.0337. The Morgan fingerprint density at radius 2 is 1.41 bits per heavy atom. The number of carbonyl (C=O) groups is 2. The number of piperazine rings is 1. The molecule has 1 aliphatic heterocycles. The molecule has 3 rings (SSSR count). The molecule has 1 aliphatic rings. The van der Waals surface area contributed by atoms with Crippen molar-refractivity contribution in [1.82, 2.24) is 9.80 Å². The molecular formula is C21H22F2N2O2. The first-order valence-electron chi connectivity index (χ1n) is 8.90. The number of amides is 2. The van der Waals surface area contributed by atoms with Crippen molar-refractivity contribution in [1.29, 1.82) is 0 Å². The van der Waals surface area contributed by atoms with Crippen molar-refractivity contribution in [3.05, 3.63) is 70.3 Å². The van der Waals surface area contributed by atoms with Crippen LogP contribution in [0.4, 0.5) is 8.78 Å². The molecule has 0 saturated carbocycles. The summed E-state index contributed by atoms with van der Waals surface area (Å²) in [6, 6.07) is 8.55. The van der Waals surface area contributed by atoms with Gasteiger partial charge in [-0.2, -0.15) is 0 Å². The molecule has 0 bridgehead atoms. The molecule has 0 N–H and O–H groups in total.